The minimum Gasteiger partial charge on any atom is -0.206 e. The SMILES string of the molecule is C=CCCc1ccc(-c2ccc(C#N)c(F)c2)cc1. The molecule has 0 aliphatic carbocycles. The van der Waals surface area contributed by atoms with Crippen molar-refractivity contribution in [2.24, 2.45) is 0 Å². The van der Waals surface area contributed by atoms with Crippen LogP contribution in [0.25, 0.3) is 11.1 Å². The van der Waals surface area contributed by atoms with E-state index in [1.807, 2.05) is 36.4 Å². The highest BCUT2D eigenvalue weighted by atomic mass is 19.1. The summed E-state index contributed by atoms with van der Waals surface area (Å²) >= 11 is 0. The van der Waals surface area contributed by atoms with Crippen molar-refractivity contribution >= 4 is 0 Å². The van der Waals surface area contributed by atoms with Gasteiger partial charge in [-0.25, -0.2) is 4.39 Å². The number of benzene rings is 2. The normalized spacial score (nSPS) is 9.89. The summed E-state index contributed by atoms with van der Waals surface area (Å²) in [6, 6.07) is 14.5. The second kappa shape index (κ2) is 5.97. The van der Waals surface area contributed by atoms with Crippen LogP contribution in [0.5, 0.6) is 0 Å². The number of nitrogens with zero attached hydrogens (tertiary/aromatic N) is 1. The molecule has 2 heteroatoms. The maximum atomic E-state index is 13.5. The van der Waals surface area contributed by atoms with Gasteiger partial charge in [0.25, 0.3) is 0 Å². The molecule has 2 aromatic rings. The maximum Gasteiger partial charge on any atom is 0.141 e. The third-order valence-electron chi connectivity index (χ3n) is 3.01. The van der Waals surface area contributed by atoms with E-state index in [9.17, 15) is 4.39 Å². The van der Waals surface area contributed by atoms with Crippen molar-refractivity contribution in [3.8, 4) is 17.2 Å². The van der Waals surface area contributed by atoms with E-state index in [-0.39, 0.29) is 5.56 Å². The summed E-state index contributed by atoms with van der Waals surface area (Å²) in [5.74, 6) is -0.476. The fraction of sp³-hybridized carbons (Fsp3) is 0.118. The number of halogens is 1. The van der Waals surface area contributed by atoms with E-state index in [1.165, 1.54) is 17.7 Å². The van der Waals surface area contributed by atoms with Gasteiger partial charge in [-0.2, -0.15) is 5.26 Å². The molecule has 94 valence electrons. The Balaban J connectivity index is 2.25. The van der Waals surface area contributed by atoms with Gasteiger partial charge in [0.15, 0.2) is 0 Å². The van der Waals surface area contributed by atoms with Crippen LogP contribution in [0.4, 0.5) is 4.39 Å². The molecule has 0 aliphatic heterocycles. The lowest BCUT2D eigenvalue weighted by Crippen LogP contribution is -1.87. The highest BCUT2D eigenvalue weighted by Gasteiger charge is 2.04. The molecule has 0 fully saturated rings. The van der Waals surface area contributed by atoms with E-state index in [0.717, 1.165) is 24.0 Å². The first-order valence-electron chi connectivity index (χ1n) is 6.14. The Bertz CT molecular complexity index is 621. The molecule has 0 radical (unpaired) electrons. The summed E-state index contributed by atoms with van der Waals surface area (Å²) in [5.41, 5.74) is 3.04. The van der Waals surface area contributed by atoms with Crippen LogP contribution in [0, 0.1) is 17.1 Å². The third-order valence-corrected chi connectivity index (χ3v) is 3.01. The molecular formula is C17H14FN. The minimum atomic E-state index is -0.476. The lowest BCUT2D eigenvalue weighted by Gasteiger charge is -2.04. The molecule has 0 saturated heterocycles. The van der Waals surface area contributed by atoms with Crippen molar-refractivity contribution in [3.05, 3.63) is 72.1 Å². The topological polar surface area (TPSA) is 23.8 Å². The van der Waals surface area contributed by atoms with Gasteiger partial charge in [-0.05, 0) is 41.7 Å². The quantitative estimate of drug-likeness (QED) is 0.735. The van der Waals surface area contributed by atoms with E-state index in [4.69, 9.17) is 5.26 Å². The molecule has 2 rings (SSSR count). The van der Waals surface area contributed by atoms with Gasteiger partial charge in [-0.1, -0.05) is 36.4 Å². The summed E-state index contributed by atoms with van der Waals surface area (Å²) in [7, 11) is 0. The van der Waals surface area contributed by atoms with Gasteiger partial charge in [0, 0.05) is 0 Å². The van der Waals surface area contributed by atoms with Crippen LogP contribution in [-0.2, 0) is 6.42 Å². The lowest BCUT2D eigenvalue weighted by atomic mass is 10.0. The molecule has 19 heavy (non-hydrogen) atoms. The Hall–Kier alpha value is -2.40. The van der Waals surface area contributed by atoms with E-state index in [0.29, 0.717) is 0 Å². The van der Waals surface area contributed by atoms with Crippen molar-refractivity contribution in [1.29, 1.82) is 5.26 Å². The highest BCUT2D eigenvalue weighted by Crippen LogP contribution is 2.22. The van der Waals surface area contributed by atoms with Crippen molar-refractivity contribution in [2.45, 2.75) is 12.8 Å². The molecule has 2 aromatic carbocycles. The number of allylic oxidation sites excluding steroid dienone is 1. The first-order chi connectivity index (χ1) is 9.24. The van der Waals surface area contributed by atoms with Gasteiger partial charge in [0.2, 0.25) is 0 Å². The Morgan fingerprint density at radius 2 is 1.79 bits per heavy atom. The monoisotopic (exact) mass is 251 g/mol. The fourth-order valence-corrected chi connectivity index (χ4v) is 1.92. The molecule has 0 saturated carbocycles. The Kier molecular flexibility index (Phi) is 4.10. The van der Waals surface area contributed by atoms with Gasteiger partial charge in [0.1, 0.15) is 11.9 Å². The first-order valence-corrected chi connectivity index (χ1v) is 6.14. The predicted octanol–water partition coefficient (Wildman–Crippen LogP) is 4.48. The molecule has 0 aromatic heterocycles. The average Bonchev–Trinajstić information content (AvgIpc) is 2.45. The smallest absolute Gasteiger partial charge is 0.141 e. The molecule has 0 N–H and O–H groups in total. The molecule has 0 bridgehead atoms. The van der Waals surface area contributed by atoms with Crippen molar-refractivity contribution in [1.82, 2.24) is 0 Å². The highest BCUT2D eigenvalue weighted by molar-refractivity contribution is 5.64. The number of hydrogen-bond donors (Lipinski definition) is 0. The molecule has 0 aliphatic rings. The summed E-state index contributed by atoms with van der Waals surface area (Å²) in [5, 5.41) is 8.70. The van der Waals surface area contributed by atoms with Crippen LogP contribution in [0.2, 0.25) is 0 Å². The maximum absolute atomic E-state index is 13.5. The van der Waals surface area contributed by atoms with Crippen LogP contribution < -0.4 is 0 Å². The Labute approximate surface area is 112 Å². The average molecular weight is 251 g/mol. The van der Waals surface area contributed by atoms with E-state index >= 15 is 0 Å². The second-order valence-corrected chi connectivity index (χ2v) is 4.33. The van der Waals surface area contributed by atoms with E-state index in [1.54, 1.807) is 6.07 Å². The molecule has 0 atom stereocenters. The Morgan fingerprint density at radius 1 is 1.11 bits per heavy atom. The number of rotatable bonds is 4. The van der Waals surface area contributed by atoms with Crippen LogP contribution in [-0.4, -0.2) is 0 Å². The predicted molar refractivity (Wildman–Crippen MR) is 75.1 cm³/mol. The van der Waals surface area contributed by atoms with Crippen molar-refractivity contribution in [3.63, 3.8) is 0 Å². The van der Waals surface area contributed by atoms with E-state index < -0.39 is 5.82 Å². The van der Waals surface area contributed by atoms with Gasteiger partial charge >= 0.3 is 0 Å². The zero-order valence-corrected chi connectivity index (χ0v) is 10.6. The van der Waals surface area contributed by atoms with Crippen LogP contribution in [0.1, 0.15) is 17.5 Å². The third kappa shape index (κ3) is 3.08. The summed E-state index contributed by atoms with van der Waals surface area (Å²) in [6.45, 7) is 3.70. The van der Waals surface area contributed by atoms with E-state index in [2.05, 4.69) is 6.58 Å². The van der Waals surface area contributed by atoms with Gasteiger partial charge in [-0.3, -0.25) is 0 Å². The van der Waals surface area contributed by atoms with Crippen LogP contribution >= 0.6 is 0 Å². The first kappa shape index (κ1) is 13.0. The zero-order valence-electron chi connectivity index (χ0n) is 10.6. The molecular weight excluding hydrogens is 237 g/mol. The van der Waals surface area contributed by atoms with Gasteiger partial charge in [0.05, 0.1) is 5.56 Å². The van der Waals surface area contributed by atoms with Gasteiger partial charge < -0.3 is 0 Å². The molecule has 0 heterocycles. The fourth-order valence-electron chi connectivity index (χ4n) is 1.92. The van der Waals surface area contributed by atoms with Crippen LogP contribution in [0.15, 0.2) is 55.1 Å². The lowest BCUT2D eigenvalue weighted by molar-refractivity contribution is 0.624. The largest absolute Gasteiger partial charge is 0.206 e. The van der Waals surface area contributed by atoms with Crippen molar-refractivity contribution < 1.29 is 4.39 Å². The minimum absolute atomic E-state index is 0.0753. The molecule has 0 spiro atoms. The zero-order chi connectivity index (χ0) is 13.7. The number of nitriles is 1. The summed E-state index contributed by atoms with van der Waals surface area (Å²) in [4.78, 5) is 0. The molecule has 0 unspecified atom stereocenters. The molecule has 0 amide bonds. The second-order valence-electron chi connectivity index (χ2n) is 4.33. The van der Waals surface area contributed by atoms with Gasteiger partial charge in [-0.15, -0.1) is 6.58 Å². The standard InChI is InChI=1S/C17H14FN/c1-2-3-4-13-5-7-14(8-6-13)15-9-10-16(12-19)17(18)11-15/h2,5-11H,1,3-4H2. The van der Waals surface area contributed by atoms with Crippen LogP contribution in [0.3, 0.4) is 0 Å². The Morgan fingerprint density at radius 3 is 2.37 bits per heavy atom. The number of hydrogen-bond acceptors (Lipinski definition) is 1. The molecule has 1 nitrogen and oxygen atoms in total. The summed E-state index contributed by atoms with van der Waals surface area (Å²) in [6.07, 6.45) is 3.81. The summed E-state index contributed by atoms with van der Waals surface area (Å²) < 4.78 is 13.5. The van der Waals surface area contributed by atoms with Crippen molar-refractivity contribution in [2.75, 3.05) is 0 Å². The number of aryl methyl sites for hydroxylation is 1.